The number of aryl methyl sites for hydroxylation is 1. The molecule has 1 aromatic carbocycles. The van der Waals surface area contributed by atoms with Crippen molar-refractivity contribution in [1.29, 1.82) is 0 Å². The molecular weight excluding hydrogens is 468 g/mol. The van der Waals surface area contributed by atoms with Gasteiger partial charge in [0.05, 0.1) is 16.7 Å². The molecule has 154 valence electrons. The van der Waals surface area contributed by atoms with Crippen LogP contribution in [0.15, 0.2) is 57.0 Å². The van der Waals surface area contributed by atoms with Crippen molar-refractivity contribution in [3.63, 3.8) is 0 Å². The smallest absolute Gasteiger partial charge is 0.262 e. The van der Waals surface area contributed by atoms with E-state index in [0.717, 1.165) is 22.8 Å². The quantitative estimate of drug-likeness (QED) is 0.400. The zero-order valence-electron chi connectivity index (χ0n) is 16.2. The van der Waals surface area contributed by atoms with Gasteiger partial charge in [-0.15, -0.1) is 10.2 Å². The maximum atomic E-state index is 13.0. The van der Waals surface area contributed by atoms with Crippen molar-refractivity contribution in [2.45, 2.75) is 31.5 Å². The van der Waals surface area contributed by atoms with Gasteiger partial charge in [0, 0.05) is 17.2 Å². The van der Waals surface area contributed by atoms with Gasteiger partial charge in [-0.25, -0.2) is 4.98 Å². The van der Waals surface area contributed by atoms with Gasteiger partial charge in [0.15, 0.2) is 5.16 Å². The summed E-state index contributed by atoms with van der Waals surface area (Å²) in [6.07, 6.45) is 3.45. The molecule has 0 bridgehead atoms. The van der Waals surface area contributed by atoms with Gasteiger partial charge in [-0.05, 0) is 46.6 Å². The molecule has 0 saturated heterocycles. The molecule has 0 radical (unpaired) electrons. The number of carbonyl (C=O) groups excluding carboxylic acids is 1. The van der Waals surface area contributed by atoms with E-state index in [1.165, 1.54) is 11.8 Å². The molecule has 0 atom stereocenters. The van der Waals surface area contributed by atoms with Gasteiger partial charge >= 0.3 is 0 Å². The first kappa shape index (κ1) is 20.5. The number of aromatic nitrogens is 5. The van der Waals surface area contributed by atoms with Gasteiger partial charge in [0.25, 0.3) is 5.56 Å². The third-order valence-electron chi connectivity index (χ3n) is 4.54. The van der Waals surface area contributed by atoms with Crippen molar-refractivity contribution in [3.8, 4) is 0 Å². The van der Waals surface area contributed by atoms with Crippen LogP contribution in [0.2, 0.25) is 0 Å². The van der Waals surface area contributed by atoms with Crippen LogP contribution in [0.1, 0.15) is 19.8 Å². The Kier molecular flexibility index (Phi) is 6.14. The molecule has 8 nitrogen and oxygen atoms in total. The number of rotatable bonds is 7. The molecule has 0 spiro atoms. The zero-order valence-corrected chi connectivity index (χ0v) is 18.6. The first-order valence-corrected chi connectivity index (χ1v) is 11.3. The lowest BCUT2D eigenvalue weighted by atomic mass is 10.2. The number of halogens is 1. The number of carbonyl (C=O) groups is 1. The highest BCUT2D eigenvalue weighted by Crippen LogP contribution is 2.22. The van der Waals surface area contributed by atoms with E-state index in [2.05, 4.69) is 43.4 Å². The van der Waals surface area contributed by atoms with Crippen molar-refractivity contribution in [3.05, 3.63) is 57.4 Å². The summed E-state index contributed by atoms with van der Waals surface area (Å²) in [4.78, 5) is 29.5. The molecule has 0 aliphatic heterocycles. The normalized spacial score (nSPS) is 11.3. The molecule has 0 aliphatic rings. The van der Waals surface area contributed by atoms with Gasteiger partial charge < -0.3 is 5.32 Å². The molecule has 0 unspecified atom stereocenters. The fraction of sp³-hybridized carbons (Fsp3) is 0.250. The fourth-order valence-corrected chi connectivity index (χ4v) is 4.08. The monoisotopic (exact) mass is 486 g/mol. The number of hydrogen-bond donors (Lipinski definition) is 1. The summed E-state index contributed by atoms with van der Waals surface area (Å²) >= 11 is 4.58. The van der Waals surface area contributed by atoms with Crippen molar-refractivity contribution in [2.75, 3.05) is 11.1 Å². The summed E-state index contributed by atoms with van der Waals surface area (Å²) in [5.41, 5.74) is 0.655. The first-order valence-electron chi connectivity index (χ1n) is 9.49. The van der Waals surface area contributed by atoms with E-state index in [1.54, 1.807) is 22.9 Å². The molecular formula is C20H19BrN6O2S. The summed E-state index contributed by atoms with van der Waals surface area (Å²) in [5, 5.41) is 12.4. The SMILES string of the molecule is CCCCn1c(=O)c2ccccc2n2c(SCC(=O)Nc3ccc(Br)cn3)nnc12. The molecule has 0 fully saturated rings. The number of hydrogen-bond acceptors (Lipinski definition) is 6. The van der Waals surface area contributed by atoms with Gasteiger partial charge in [-0.1, -0.05) is 37.2 Å². The van der Waals surface area contributed by atoms with E-state index >= 15 is 0 Å². The Morgan fingerprint density at radius 1 is 1.20 bits per heavy atom. The Balaban J connectivity index is 1.64. The van der Waals surface area contributed by atoms with E-state index < -0.39 is 0 Å². The van der Waals surface area contributed by atoms with Gasteiger partial charge in [-0.3, -0.25) is 18.6 Å². The highest BCUT2D eigenvalue weighted by Gasteiger charge is 2.17. The lowest BCUT2D eigenvalue weighted by Crippen LogP contribution is -2.23. The number of fused-ring (bicyclic) bond motifs is 3. The van der Waals surface area contributed by atoms with Crippen LogP contribution in [0.25, 0.3) is 16.7 Å². The Morgan fingerprint density at radius 3 is 2.80 bits per heavy atom. The topological polar surface area (TPSA) is 94.2 Å². The number of anilines is 1. The average molecular weight is 487 g/mol. The summed E-state index contributed by atoms with van der Waals surface area (Å²) in [7, 11) is 0. The van der Waals surface area contributed by atoms with Gasteiger partial charge in [0.2, 0.25) is 11.7 Å². The molecule has 30 heavy (non-hydrogen) atoms. The Bertz CT molecular complexity index is 1270. The predicted molar refractivity (Wildman–Crippen MR) is 121 cm³/mol. The summed E-state index contributed by atoms with van der Waals surface area (Å²) in [6, 6.07) is 10.9. The van der Waals surface area contributed by atoms with Crippen molar-refractivity contribution < 1.29 is 4.79 Å². The Labute approximate surface area is 184 Å². The van der Waals surface area contributed by atoms with Crippen LogP contribution < -0.4 is 10.9 Å². The second-order valence-electron chi connectivity index (χ2n) is 6.64. The van der Waals surface area contributed by atoms with Crippen LogP contribution in [0.4, 0.5) is 5.82 Å². The third-order valence-corrected chi connectivity index (χ3v) is 5.94. The Morgan fingerprint density at radius 2 is 2.03 bits per heavy atom. The molecule has 0 saturated carbocycles. The van der Waals surface area contributed by atoms with E-state index in [9.17, 15) is 9.59 Å². The molecule has 4 rings (SSSR count). The molecule has 10 heteroatoms. The van der Waals surface area contributed by atoms with Crippen molar-refractivity contribution >= 4 is 56.1 Å². The van der Waals surface area contributed by atoms with E-state index in [0.29, 0.717) is 28.7 Å². The summed E-state index contributed by atoms with van der Waals surface area (Å²) < 4.78 is 4.35. The highest BCUT2D eigenvalue weighted by molar-refractivity contribution is 9.10. The second kappa shape index (κ2) is 8.97. The fourth-order valence-electron chi connectivity index (χ4n) is 3.10. The first-order chi connectivity index (χ1) is 14.6. The minimum absolute atomic E-state index is 0.0745. The number of nitrogens with zero attached hydrogens (tertiary/aromatic N) is 5. The number of unbranched alkanes of at least 4 members (excludes halogenated alkanes) is 1. The minimum Gasteiger partial charge on any atom is -0.310 e. The lowest BCUT2D eigenvalue weighted by Gasteiger charge is -2.10. The van der Waals surface area contributed by atoms with Crippen LogP contribution in [0.5, 0.6) is 0 Å². The summed E-state index contributed by atoms with van der Waals surface area (Å²) in [5.74, 6) is 0.912. The van der Waals surface area contributed by atoms with E-state index in [4.69, 9.17) is 0 Å². The maximum Gasteiger partial charge on any atom is 0.262 e. The second-order valence-corrected chi connectivity index (χ2v) is 8.50. The van der Waals surface area contributed by atoms with Crippen molar-refractivity contribution in [1.82, 2.24) is 24.1 Å². The molecule has 1 amide bonds. The molecule has 3 aromatic heterocycles. The number of benzene rings is 1. The summed E-state index contributed by atoms with van der Waals surface area (Å²) in [6.45, 7) is 2.65. The molecule has 3 heterocycles. The molecule has 4 aromatic rings. The van der Waals surface area contributed by atoms with Crippen LogP contribution in [-0.4, -0.2) is 35.8 Å². The van der Waals surface area contributed by atoms with Crippen LogP contribution in [-0.2, 0) is 11.3 Å². The largest absolute Gasteiger partial charge is 0.310 e. The number of nitrogens with one attached hydrogen (secondary N) is 1. The third kappa shape index (κ3) is 4.10. The number of thioether (sulfide) groups is 1. The zero-order chi connectivity index (χ0) is 21.1. The highest BCUT2D eigenvalue weighted by atomic mass is 79.9. The van der Waals surface area contributed by atoms with Gasteiger partial charge in [0.1, 0.15) is 5.82 Å². The molecule has 0 aliphatic carbocycles. The number of amides is 1. The average Bonchev–Trinajstić information content (AvgIpc) is 3.18. The molecule has 1 N–H and O–H groups in total. The lowest BCUT2D eigenvalue weighted by molar-refractivity contribution is -0.113. The van der Waals surface area contributed by atoms with Crippen LogP contribution in [0, 0.1) is 0 Å². The van der Waals surface area contributed by atoms with E-state index in [1.807, 2.05) is 28.7 Å². The van der Waals surface area contributed by atoms with Gasteiger partial charge in [-0.2, -0.15) is 0 Å². The maximum absolute atomic E-state index is 13.0. The minimum atomic E-state index is -0.199. The number of pyridine rings is 1. The van der Waals surface area contributed by atoms with E-state index in [-0.39, 0.29) is 17.2 Å². The predicted octanol–water partition coefficient (Wildman–Crippen LogP) is 3.73. The van der Waals surface area contributed by atoms with Crippen LogP contribution >= 0.6 is 27.7 Å². The van der Waals surface area contributed by atoms with Crippen molar-refractivity contribution in [2.24, 2.45) is 0 Å². The standard InChI is InChI=1S/C20H19BrN6O2S/c1-2-3-10-26-18(29)14-6-4-5-7-15(14)27-19(26)24-25-20(27)30-12-17(28)23-16-9-8-13(21)11-22-16/h4-9,11H,2-3,10,12H2,1H3,(H,22,23,28). The number of para-hydroxylation sites is 1. The Hall–Kier alpha value is -2.72. The van der Waals surface area contributed by atoms with Crippen LogP contribution in [0.3, 0.4) is 0 Å².